The van der Waals surface area contributed by atoms with E-state index in [0.29, 0.717) is 12.4 Å². The highest BCUT2D eigenvalue weighted by Gasteiger charge is 2.18. The Morgan fingerprint density at radius 1 is 1.30 bits per heavy atom. The van der Waals surface area contributed by atoms with E-state index in [0.717, 1.165) is 12.0 Å². The zero-order valence-electron chi connectivity index (χ0n) is 12.3. The van der Waals surface area contributed by atoms with E-state index in [1.54, 1.807) is 7.11 Å². The molecule has 0 aliphatic carbocycles. The monoisotopic (exact) mass is 281 g/mol. The fourth-order valence-electron chi connectivity index (χ4n) is 1.74. The number of rotatable bonds is 9. The van der Waals surface area contributed by atoms with Gasteiger partial charge in [0.05, 0.1) is 6.61 Å². The van der Waals surface area contributed by atoms with Crippen LogP contribution < -0.4 is 10.1 Å². The summed E-state index contributed by atoms with van der Waals surface area (Å²) in [4.78, 5) is 11.1. The zero-order valence-corrected chi connectivity index (χ0v) is 12.3. The molecule has 5 heteroatoms. The first-order chi connectivity index (χ1) is 9.52. The maximum atomic E-state index is 11.1. The van der Waals surface area contributed by atoms with Crippen molar-refractivity contribution in [1.29, 1.82) is 0 Å². The maximum absolute atomic E-state index is 11.1. The van der Waals surface area contributed by atoms with Crippen LogP contribution in [-0.4, -0.2) is 43.5 Å². The second-order valence-electron chi connectivity index (χ2n) is 4.91. The molecule has 20 heavy (non-hydrogen) atoms. The molecule has 0 aliphatic heterocycles. The topological polar surface area (TPSA) is 67.8 Å². The van der Waals surface area contributed by atoms with Gasteiger partial charge in [-0.15, -0.1) is 0 Å². The van der Waals surface area contributed by atoms with Gasteiger partial charge in [-0.05, 0) is 24.1 Å². The lowest BCUT2D eigenvalue weighted by Crippen LogP contribution is -2.44. The van der Waals surface area contributed by atoms with Crippen LogP contribution >= 0.6 is 0 Å². The van der Waals surface area contributed by atoms with E-state index in [-0.39, 0.29) is 12.6 Å². The molecular weight excluding hydrogens is 258 g/mol. The highest BCUT2D eigenvalue weighted by molar-refractivity contribution is 5.73. The van der Waals surface area contributed by atoms with Crippen molar-refractivity contribution in [2.24, 2.45) is 0 Å². The number of nitrogens with one attached hydrogen (secondary N) is 1. The van der Waals surface area contributed by atoms with Crippen LogP contribution in [0.5, 0.6) is 5.75 Å². The Labute approximate surface area is 119 Å². The third-order valence-corrected chi connectivity index (χ3v) is 2.77. The number of aliphatic carboxylic acids is 1. The summed E-state index contributed by atoms with van der Waals surface area (Å²) in [6.07, 6.45) is 0.851. The highest BCUT2D eigenvalue weighted by Crippen LogP contribution is 2.13. The zero-order chi connectivity index (χ0) is 15.0. The van der Waals surface area contributed by atoms with Gasteiger partial charge in [0.2, 0.25) is 0 Å². The molecule has 112 valence electrons. The average molecular weight is 281 g/mol. The van der Waals surface area contributed by atoms with Crippen LogP contribution in [0.3, 0.4) is 0 Å². The van der Waals surface area contributed by atoms with Gasteiger partial charge in [-0.1, -0.05) is 26.0 Å². The highest BCUT2D eigenvalue weighted by atomic mass is 16.5. The second-order valence-corrected chi connectivity index (χ2v) is 4.91. The van der Waals surface area contributed by atoms with Gasteiger partial charge in [0, 0.05) is 13.2 Å². The van der Waals surface area contributed by atoms with Crippen molar-refractivity contribution < 1.29 is 19.4 Å². The van der Waals surface area contributed by atoms with Gasteiger partial charge in [-0.2, -0.15) is 0 Å². The van der Waals surface area contributed by atoms with Crippen molar-refractivity contribution in [2.45, 2.75) is 32.4 Å². The molecule has 0 heterocycles. The molecule has 1 unspecified atom stereocenters. The van der Waals surface area contributed by atoms with Crippen molar-refractivity contribution in [3.8, 4) is 5.75 Å². The molecule has 0 fully saturated rings. The Morgan fingerprint density at radius 2 is 1.95 bits per heavy atom. The fraction of sp³-hybridized carbons (Fsp3) is 0.533. The van der Waals surface area contributed by atoms with Gasteiger partial charge in [0.15, 0.2) is 0 Å². The number of ether oxygens (including phenoxy) is 2. The first-order valence-corrected chi connectivity index (χ1v) is 6.72. The van der Waals surface area contributed by atoms with Crippen LogP contribution in [0.15, 0.2) is 24.3 Å². The molecule has 0 spiro atoms. The SMILES string of the molecule is COCCc1ccc(OCC(NC(C)C)C(=O)O)cc1. The number of carbonyl (C=O) groups is 1. The van der Waals surface area contributed by atoms with Gasteiger partial charge in [-0.25, -0.2) is 0 Å². The molecule has 0 radical (unpaired) electrons. The minimum Gasteiger partial charge on any atom is -0.491 e. The molecule has 0 aliphatic rings. The van der Waals surface area contributed by atoms with E-state index >= 15 is 0 Å². The second kappa shape index (κ2) is 8.55. The number of hydrogen-bond acceptors (Lipinski definition) is 4. The van der Waals surface area contributed by atoms with E-state index in [9.17, 15) is 4.79 Å². The van der Waals surface area contributed by atoms with Gasteiger partial charge < -0.3 is 14.6 Å². The fourth-order valence-corrected chi connectivity index (χ4v) is 1.74. The summed E-state index contributed by atoms with van der Waals surface area (Å²) in [6.45, 7) is 4.59. The number of methoxy groups -OCH3 is 1. The van der Waals surface area contributed by atoms with Crippen molar-refractivity contribution in [2.75, 3.05) is 20.3 Å². The smallest absolute Gasteiger partial charge is 0.324 e. The van der Waals surface area contributed by atoms with Crippen LogP contribution in [0.2, 0.25) is 0 Å². The lowest BCUT2D eigenvalue weighted by atomic mass is 10.1. The lowest BCUT2D eigenvalue weighted by Gasteiger charge is -2.17. The molecule has 0 amide bonds. The van der Waals surface area contributed by atoms with E-state index in [4.69, 9.17) is 14.6 Å². The molecule has 1 aromatic rings. The maximum Gasteiger partial charge on any atom is 0.324 e. The Bertz CT molecular complexity index is 403. The van der Waals surface area contributed by atoms with Gasteiger partial charge in [-0.3, -0.25) is 10.1 Å². The van der Waals surface area contributed by atoms with Crippen molar-refractivity contribution in [3.05, 3.63) is 29.8 Å². The third-order valence-electron chi connectivity index (χ3n) is 2.77. The van der Waals surface area contributed by atoms with Crippen LogP contribution in [0.4, 0.5) is 0 Å². The molecule has 0 saturated carbocycles. The number of carboxylic acids is 1. The van der Waals surface area contributed by atoms with Crippen molar-refractivity contribution in [3.63, 3.8) is 0 Å². The Hall–Kier alpha value is -1.59. The minimum atomic E-state index is -0.907. The van der Waals surface area contributed by atoms with E-state index in [2.05, 4.69) is 5.32 Å². The van der Waals surface area contributed by atoms with E-state index < -0.39 is 12.0 Å². The van der Waals surface area contributed by atoms with Gasteiger partial charge in [0.25, 0.3) is 0 Å². The molecule has 1 aromatic carbocycles. The first-order valence-electron chi connectivity index (χ1n) is 6.72. The summed E-state index contributed by atoms with van der Waals surface area (Å²) in [5.41, 5.74) is 1.16. The molecular formula is C15H23NO4. The number of carboxylic acid groups (broad SMARTS) is 1. The lowest BCUT2D eigenvalue weighted by molar-refractivity contribution is -0.140. The molecule has 0 bridgehead atoms. The average Bonchev–Trinajstić information content (AvgIpc) is 2.41. The van der Waals surface area contributed by atoms with E-state index in [1.807, 2.05) is 38.1 Å². The molecule has 0 aromatic heterocycles. The molecule has 0 saturated heterocycles. The minimum absolute atomic E-state index is 0.0936. The van der Waals surface area contributed by atoms with Crippen molar-refractivity contribution >= 4 is 5.97 Å². The summed E-state index contributed by atoms with van der Waals surface area (Å²) < 4.78 is 10.5. The molecule has 1 rings (SSSR count). The predicted octanol–water partition coefficient (Wildman–Crippen LogP) is 1.71. The van der Waals surface area contributed by atoms with Crippen LogP contribution in [0.25, 0.3) is 0 Å². The summed E-state index contributed by atoms with van der Waals surface area (Å²) in [7, 11) is 1.67. The summed E-state index contributed by atoms with van der Waals surface area (Å²) in [6, 6.07) is 7.00. The molecule has 1 atom stereocenters. The number of benzene rings is 1. The van der Waals surface area contributed by atoms with Crippen LogP contribution in [0, 0.1) is 0 Å². The first kappa shape index (κ1) is 16.5. The van der Waals surface area contributed by atoms with E-state index in [1.165, 1.54) is 0 Å². The Balaban J connectivity index is 2.49. The van der Waals surface area contributed by atoms with Gasteiger partial charge >= 0.3 is 5.97 Å². The summed E-state index contributed by atoms with van der Waals surface area (Å²) >= 11 is 0. The van der Waals surface area contributed by atoms with Crippen molar-refractivity contribution in [1.82, 2.24) is 5.32 Å². The molecule has 2 N–H and O–H groups in total. The van der Waals surface area contributed by atoms with Gasteiger partial charge in [0.1, 0.15) is 18.4 Å². The van der Waals surface area contributed by atoms with Crippen LogP contribution in [-0.2, 0) is 16.0 Å². The standard InChI is InChI=1S/C15H23NO4/c1-11(2)16-14(15(17)18)10-20-13-6-4-12(5-7-13)8-9-19-3/h4-7,11,14,16H,8-10H2,1-3H3,(H,17,18). The summed E-state index contributed by atoms with van der Waals surface area (Å²) in [5, 5.41) is 12.0. The normalized spacial score (nSPS) is 12.4. The largest absolute Gasteiger partial charge is 0.491 e. The predicted molar refractivity (Wildman–Crippen MR) is 77.2 cm³/mol. The Kier molecular flexibility index (Phi) is 7.04. The summed E-state index contributed by atoms with van der Waals surface area (Å²) in [5.74, 6) is -0.238. The molecule has 5 nitrogen and oxygen atoms in total. The number of hydrogen-bond donors (Lipinski definition) is 2. The van der Waals surface area contributed by atoms with Crippen LogP contribution in [0.1, 0.15) is 19.4 Å². The quantitative estimate of drug-likeness (QED) is 0.721. The third kappa shape index (κ3) is 6.04. The Morgan fingerprint density at radius 3 is 2.45 bits per heavy atom.